The molecule has 1 N–H and O–H groups in total. The summed E-state index contributed by atoms with van der Waals surface area (Å²) in [6.45, 7) is 1.24. The zero-order valence-corrected chi connectivity index (χ0v) is 11.9. The van der Waals surface area contributed by atoms with E-state index < -0.39 is 5.41 Å². The Hall–Kier alpha value is -2.22. The van der Waals surface area contributed by atoms with Gasteiger partial charge in [-0.3, -0.25) is 4.79 Å². The van der Waals surface area contributed by atoms with E-state index in [-0.39, 0.29) is 5.91 Å². The van der Waals surface area contributed by atoms with Crippen LogP contribution in [0.15, 0.2) is 18.2 Å². The monoisotopic (exact) mass is 286 g/mol. The minimum atomic E-state index is -0.871. The van der Waals surface area contributed by atoms with Crippen LogP contribution in [0.1, 0.15) is 32.1 Å². The minimum absolute atomic E-state index is 0.211. The second kappa shape index (κ2) is 5.65. The highest BCUT2D eigenvalue weighted by molar-refractivity contribution is 5.97. The number of nitrogens with zero attached hydrogens (tertiary/aromatic N) is 1. The number of fused-ring (bicyclic) bond motifs is 1. The Bertz CT molecular complexity index is 586. The molecule has 1 aromatic carbocycles. The van der Waals surface area contributed by atoms with E-state index in [2.05, 4.69) is 11.4 Å². The van der Waals surface area contributed by atoms with E-state index in [4.69, 9.17) is 9.47 Å². The molecule has 5 nitrogen and oxygen atoms in total. The molecule has 1 fully saturated rings. The molecule has 1 aromatic rings. The maximum absolute atomic E-state index is 12.4. The number of hydrogen-bond acceptors (Lipinski definition) is 4. The summed E-state index contributed by atoms with van der Waals surface area (Å²) < 4.78 is 11.2. The first kappa shape index (κ1) is 13.7. The van der Waals surface area contributed by atoms with Crippen LogP contribution in [0, 0.1) is 16.7 Å². The fourth-order valence-corrected chi connectivity index (χ4v) is 2.86. The number of amides is 1. The number of nitriles is 1. The van der Waals surface area contributed by atoms with Crippen molar-refractivity contribution in [2.45, 2.75) is 32.1 Å². The maximum atomic E-state index is 12.4. The predicted octanol–water partition coefficient (Wildman–Crippen LogP) is 2.87. The smallest absolute Gasteiger partial charge is 0.244 e. The molecular weight excluding hydrogens is 268 g/mol. The van der Waals surface area contributed by atoms with Gasteiger partial charge in [-0.2, -0.15) is 5.26 Å². The van der Waals surface area contributed by atoms with Crippen LogP contribution in [0.4, 0.5) is 5.69 Å². The van der Waals surface area contributed by atoms with Crippen LogP contribution in [0.25, 0.3) is 0 Å². The van der Waals surface area contributed by atoms with Gasteiger partial charge in [0.2, 0.25) is 5.91 Å². The lowest BCUT2D eigenvalue weighted by atomic mass is 9.87. The van der Waals surface area contributed by atoms with Gasteiger partial charge in [-0.15, -0.1) is 0 Å². The van der Waals surface area contributed by atoms with Gasteiger partial charge in [0.15, 0.2) is 11.5 Å². The minimum Gasteiger partial charge on any atom is -0.490 e. The van der Waals surface area contributed by atoms with Gasteiger partial charge in [-0.1, -0.05) is 12.8 Å². The van der Waals surface area contributed by atoms with Crippen LogP contribution >= 0.6 is 0 Å². The molecule has 0 atom stereocenters. The van der Waals surface area contributed by atoms with Crippen molar-refractivity contribution in [1.29, 1.82) is 5.26 Å². The van der Waals surface area contributed by atoms with E-state index >= 15 is 0 Å². The Kier molecular flexibility index (Phi) is 3.70. The molecule has 3 rings (SSSR count). The summed E-state index contributed by atoms with van der Waals surface area (Å²) in [5.41, 5.74) is -0.227. The molecule has 0 aromatic heterocycles. The molecule has 0 spiro atoms. The first-order valence-electron chi connectivity index (χ1n) is 7.36. The molecule has 1 amide bonds. The van der Waals surface area contributed by atoms with E-state index in [1.165, 1.54) is 0 Å². The van der Waals surface area contributed by atoms with Gasteiger partial charge in [0.05, 0.1) is 19.3 Å². The van der Waals surface area contributed by atoms with Crippen molar-refractivity contribution in [3.63, 3.8) is 0 Å². The number of carbonyl (C=O) groups is 1. The van der Waals surface area contributed by atoms with Crippen LogP contribution in [-0.2, 0) is 4.79 Å². The summed E-state index contributed by atoms with van der Waals surface area (Å²) in [6, 6.07) is 7.54. The average molecular weight is 286 g/mol. The van der Waals surface area contributed by atoms with E-state index in [1.807, 2.05) is 0 Å². The van der Waals surface area contributed by atoms with Gasteiger partial charge >= 0.3 is 0 Å². The molecule has 1 aliphatic heterocycles. The van der Waals surface area contributed by atoms with Crippen molar-refractivity contribution in [2.24, 2.45) is 5.41 Å². The molecule has 1 heterocycles. The van der Waals surface area contributed by atoms with Gasteiger partial charge in [-0.25, -0.2) is 0 Å². The fourth-order valence-electron chi connectivity index (χ4n) is 2.86. The fraction of sp³-hybridized carbons (Fsp3) is 0.500. The molecule has 110 valence electrons. The first-order chi connectivity index (χ1) is 10.2. The molecule has 1 aliphatic carbocycles. The van der Waals surface area contributed by atoms with Crippen molar-refractivity contribution in [3.8, 4) is 17.6 Å². The van der Waals surface area contributed by atoms with E-state index in [9.17, 15) is 10.1 Å². The third kappa shape index (κ3) is 2.66. The summed E-state index contributed by atoms with van der Waals surface area (Å²) in [6.07, 6.45) is 3.98. The molecule has 0 saturated heterocycles. The van der Waals surface area contributed by atoms with Crippen LogP contribution in [0.3, 0.4) is 0 Å². The quantitative estimate of drug-likeness (QED) is 0.907. The number of rotatable bonds is 2. The highest BCUT2D eigenvalue weighted by Crippen LogP contribution is 2.39. The van der Waals surface area contributed by atoms with Crippen molar-refractivity contribution < 1.29 is 14.3 Å². The molecule has 0 bridgehead atoms. The van der Waals surface area contributed by atoms with Crippen molar-refractivity contribution in [2.75, 3.05) is 18.5 Å². The number of hydrogen-bond donors (Lipinski definition) is 1. The topological polar surface area (TPSA) is 71.4 Å². The maximum Gasteiger partial charge on any atom is 0.244 e. The van der Waals surface area contributed by atoms with Crippen LogP contribution in [0.2, 0.25) is 0 Å². The Morgan fingerprint density at radius 3 is 2.57 bits per heavy atom. The lowest BCUT2D eigenvalue weighted by molar-refractivity contribution is -0.122. The van der Waals surface area contributed by atoms with Gasteiger partial charge in [0.1, 0.15) is 5.41 Å². The normalized spacial score (nSPS) is 19.4. The largest absolute Gasteiger partial charge is 0.490 e. The first-order valence-corrected chi connectivity index (χ1v) is 7.36. The summed E-state index contributed by atoms with van der Waals surface area (Å²) in [7, 11) is 0. The SMILES string of the molecule is N#CC1(C(=O)Nc2ccc3c(c2)OCCCO3)CCCC1. The van der Waals surface area contributed by atoms with Crippen molar-refractivity contribution in [1.82, 2.24) is 0 Å². The van der Waals surface area contributed by atoms with Crippen molar-refractivity contribution >= 4 is 11.6 Å². The van der Waals surface area contributed by atoms with E-state index in [0.29, 0.717) is 43.2 Å². The summed E-state index contributed by atoms with van der Waals surface area (Å²) >= 11 is 0. The number of nitrogens with one attached hydrogen (secondary N) is 1. The summed E-state index contributed by atoms with van der Waals surface area (Å²) in [4.78, 5) is 12.4. The highest BCUT2D eigenvalue weighted by Gasteiger charge is 2.41. The highest BCUT2D eigenvalue weighted by atomic mass is 16.5. The number of carbonyl (C=O) groups excluding carboxylic acids is 1. The lowest BCUT2D eigenvalue weighted by Crippen LogP contribution is -2.32. The Labute approximate surface area is 123 Å². The lowest BCUT2D eigenvalue weighted by Gasteiger charge is -2.19. The van der Waals surface area contributed by atoms with Crippen molar-refractivity contribution in [3.05, 3.63) is 18.2 Å². The second-order valence-electron chi connectivity index (χ2n) is 5.57. The summed E-state index contributed by atoms with van der Waals surface area (Å²) in [5, 5.41) is 12.2. The molecule has 0 radical (unpaired) electrons. The predicted molar refractivity (Wildman–Crippen MR) is 77.2 cm³/mol. The number of benzene rings is 1. The molecule has 1 saturated carbocycles. The third-order valence-corrected chi connectivity index (χ3v) is 4.11. The van der Waals surface area contributed by atoms with Gasteiger partial charge in [0, 0.05) is 18.2 Å². The Balaban J connectivity index is 1.77. The summed E-state index contributed by atoms with van der Waals surface area (Å²) in [5.74, 6) is 1.13. The third-order valence-electron chi connectivity index (χ3n) is 4.11. The molecule has 21 heavy (non-hydrogen) atoms. The Morgan fingerprint density at radius 2 is 1.86 bits per heavy atom. The van der Waals surface area contributed by atoms with Gasteiger partial charge in [-0.05, 0) is 25.0 Å². The second-order valence-corrected chi connectivity index (χ2v) is 5.57. The van der Waals surface area contributed by atoms with Crippen LogP contribution in [-0.4, -0.2) is 19.1 Å². The molecular formula is C16H18N2O3. The van der Waals surface area contributed by atoms with Gasteiger partial charge < -0.3 is 14.8 Å². The standard InChI is InChI=1S/C16H18N2O3/c17-11-16(6-1-2-7-16)15(19)18-12-4-5-13-14(10-12)21-9-3-8-20-13/h4-5,10H,1-3,6-9H2,(H,18,19). The Morgan fingerprint density at radius 1 is 1.14 bits per heavy atom. The molecule has 0 unspecified atom stereocenters. The van der Waals surface area contributed by atoms with Crippen LogP contribution < -0.4 is 14.8 Å². The molecule has 2 aliphatic rings. The average Bonchev–Trinajstić information content (AvgIpc) is 2.88. The van der Waals surface area contributed by atoms with E-state index in [1.54, 1.807) is 18.2 Å². The number of ether oxygens (including phenoxy) is 2. The number of anilines is 1. The molecule has 5 heteroatoms. The zero-order chi connectivity index (χ0) is 14.7. The van der Waals surface area contributed by atoms with E-state index in [0.717, 1.165) is 19.3 Å². The van der Waals surface area contributed by atoms with Gasteiger partial charge in [0.25, 0.3) is 0 Å². The zero-order valence-electron chi connectivity index (χ0n) is 11.9. The van der Waals surface area contributed by atoms with Crippen LogP contribution in [0.5, 0.6) is 11.5 Å².